The standard InChI is InChI=1S/C13H24N2O/c1-3-5-13(16)10-14-9-12-6-8-15(11-12)7-4-2/h6,8,11,13-14,16H,3-5,7,9-10H2,1-2H3. The highest BCUT2D eigenvalue weighted by molar-refractivity contribution is 5.09. The Morgan fingerprint density at radius 2 is 2.19 bits per heavy atom. The first-order chi connectivity index (χ1) is 7.76. The van der Waals surface area contributed by atoms with E-state index in [4.69, 9.17) is 0 Å². The van der Waals surface area contributed by atoms with Crippen LogP contribution in [-0.4, -0.2) is 22.3 Å². The summed E-state index contributed by atoms with van der Waals surface area (Å²) in [7, 11) is 0. The average Bonchev–Trinajstić information content (AvgIpc) is 2.67. The fourth-order valence-electron chi connectivity index (χ4n) is 1.81. The molecule has 0 saturated carbocycles. The summed E-state index contributed by atoms with van der Waals surface area (Å²) in [5, 5.41) is 12.8. The van der Waals surface area contributed by atoms with Gasteiger partial charge in [0.25, 0.3) is 0 Å². The second-order valence-corrected chi connectivity index (χ2v) is 4.33. The monoisotopic (exact) mass is 224 g/mol. The van der Waals surface area contributed by atoms with Crippen LogP contribution in [0.15, 0.2) is 18.5 Å². The average molecular weight is 224 g/mol. The van der Waals surface area contributed by atoms with Crippen molar-refractivity contribution in [3.63, 3.8) is 0 Å². The van der Waals surface area contributed by atoms with E-state index in [1.807, 2.05) is 0 Å². The summed E-state index contributed by atoms with van der Waals surface area (Å²) in [6, 6.07) is 2.13. The SMILES string of the molecule is CCCC(O)CNCc1ccn(CCC)c1. The number of aromatic nitrogens is 1. The van der Waals surface area contributed by atoms with Crippen molar-refractivity contribution in [3.8, 4) is 0 Å². The van der Waals surface area contributed by atoms with Crippen LogP contribution in [0.2, 0.25) is 0 Å². The minimum atomic E-state index is -0.206. The molecule has 0 radical (unpaired) electrons. The molecule has 0 aliphatic carbocycles. The van der Waals surface area contributed by atoms with E-state index < -0.39 is 0 Å². The van der Waals surface area contributed by atoms with Crippen LogP contribution in [0.3, 0.4) is 0 Å². The van der Waals surface area contributed by atoms with Crippen molar-refractivity contribution < 1.29 is 5.11 Å². The number of aryl methyl sites for hydroxylation is 1. The molecule has 0 fully saturated rings. The van der Waals surface area contributed by atoms with E-state index in [9.17, 15) is 5.11 Å². The van der Waals surface area contributed by atoms with Crippen LogP contribution in [0.1, 0.15) is 38.7 Å². The van der Waals surface area contributed by atoms with Crippen molar-refractivity contribution in [3.05, 3.63) is 24.0 Å². The van der Waals surface area contributed by atoms with Gasteiger partial charge in [-0.25, -0.2) is 0 Å². The zero-order chi connectivity index (χ0) is 11.8. The van der Waals surface area contributed by atoms with Gasteiger partial charge in [0.2, 0.25) is 0 Å². The van der Waals surface area contributed by atoms with Crippen molar-refractivity contribution >= 4 is 0 Å². The molecule has 0 saturated heterocycles. The normalized spacial score (nSPS) is 12.9. The van der Waals surface area contributed by atoms with Crippen LogP contribution < -0.4 is 5.32 Å². The first-order valence-electron chi connectivity index (χ1n) is 6.29. The van der Waals surface area contributed by atoms with Crippen LogP contribution in [0.5, 0.6) is 0 Å². The first kappa shape index (κ1) is 13.3. The third-order valence-corrected chi connectivity index (χ3v) is 2.62. The maximum absolute atomic E-state index is 9.55. The first-order valence-corrected chi connectivity index (χ1v) is 6.29. The molecule has 92 valence electrons. The van der Waals surface area contributed by atoms with Gasteiger partial charge in [0.1, 0.15) is 0 Å². The molecular formula is C13H24N2O. The number of rotatable bonds is 8. The molecule has 0 aromatic carbocycles. The van der Waals surface area contributed by atoms with Crippen LogP contribution in [0.25, 0.3) is 0 Å². The Kier molecular flexibility index (Phi) is 6.19. The van der Waals surface area contributed by atoms with Crippen molar-refractivity contribution in [2.24, 2.45) is 0 Å². The van der Waals surface area contributed by atoms with Gasteiger partial charge in [-0.05, 0) is 24.5 Å². The molecule has 0 aliphatic heterocycles. The van der Waals surface area contributed by atoms with E-state index in [1.54, 1.807) is 0 Å². The highest BCUT2D eigenvalue weighted by Crippen LogP contribution is 2.02. The number of aliphatic hydroxyl groups excluding tert-OH is 1. The van der Waals surface area contributed by atoms with E-state index in [1.165, 1.54) is 5.56 Å². The Labute approximate surface area is 98.5 Å². The molecule has 1 aromatic heterocycles. The number of nitrogens with zero attached hydrogens (tertiary/aromatic N) is 1. The van der Waals surface area contributed by atoms with Gasteiger partial charge in [0, 0.05) is 32.0 Å². The summed E-state index contributed by atoms with van der Waals surface area (Å²) < 4.78 is 2.21. The van der Waals surface area contributed by atoms with Gasteiger partial charge in [0.05, 0.1) is 6.10 Å². The van der Waals surface area contributed by atoms with Crippen LogP contribution in [0.4, 0.5) is 0 Å². The lowest BCUT2D eigenvalue weighted by Crippen LogP contribution is -2.26. The topological polar surface area (TPSA) is 37.2 Å². The van der Waals surface area contributed by atoms with E-state index >= 15 is 0 Å². The highest BCUT2D eigenvalue weighted by Gasteiger charge is 2.02. The Morgan fingerprint density at radius 3 is 2.88 bits per heavy atom. The zero-order valence-electron chi connectivity index (χ0n) is 10.4. The third kappa shape index (κ3) is 4.81. The maximum Gasteiger partial charge on any atom is 0.0664 e. The molecule has 2 N–H and O–H groups in total. The fraction of sp³-hybridized carbons (Fsp3) is 0.692. The number of nitrogens with one attached hydrogen (secondary N) is 1. The van der Waals surface area contributed by atoms with Crippen molar-refractivity contribution in [2.75, 3.05) is 6.54 Å². The van der Waals surface area contributed by atoms with Gasteiger partial charge < -0.3 is 15.0 Å². The molecule has 1 atom stereocenters. The summed E-state index contributed by atoms with van der Waals surface area (Å²) >= 11 is 0. The second kappa shape index (κ2) is 7.47. The molecule has 1 aromatic rings. The molecule has 0 aliphatic rings. The minimum Gasteiger partial charge on any atom is -0.392 e. The molecule has 0 bridgehead atoms. The number of hydrogen-bond donors (Lipinski definition) is 2. The minimum absolute atomic E-state index is 0.206. The van der Waals surface area contributed by atoms with Gasteiger partial charge in [0.15, 0.2) is 0 Å². The van der Waals surface area contributed by atoms with Gasteiger partial charge in [-0.15, -0.1) is 0 Å². The molecule has 1 unspecified atom stereocenters. The van der Waals surface area contributed by atoms with E-state index in [0.29, 0.717) is 6.54 Å². The fourth-order valence-corrected chi connectivity index (χ4v) is 1.81. The molecule has 0 amide bonds. The van der Waals surface area contributed by atoms with Gasteiger partial charge in [-0.3, -0.25) is 0 Å². The third-order valence-electron chi connectivity index (χ3n) is 2.62. The predicted octanol–water partition coefficient (Wildman–Crippen LogP) is 2.15. The van der Waals surface area contributed by atoms with Crippen molar-refractivity contribution in [2.45, 2.75) is 52.3 Å². The van der Waals surface area contributed by atoms with E-state index in [0.717, 1.165) is 32.4 Å². The quantitative estimate of drug-likeness (QED) is 0.710. The van der Waals surface area contributed by atoms with Gasteiger partial charge in [-0.1, -0.05) is 20.3 Å². The summed E-state index contributed by atoms with van der Waals surface area (Å²) in [4.78, 5) is 0. The van der Waals surface area contributed by atoms with Crippen molar-refractivity contribution in [1.82, 2.24) is 9.88 Å². The summed E-state index contributed by atoms with van der Waals surface area (Å²) in [6.45, 7) is 6.88. The molecule has 3 heteroatoms. The lowest BCUT2D eigenvalue weighted by atomic mass is 10.2. The Hall–Kier alpha value is -0.800. The summed E-state index contributed by atoms with van der Waals surface area (Å²) in [5.41, 5.74) is 1.29. The number of hydrogen-bond acceptors (Lipinski definition) is 2. The van der Waals surface area contributed by atoms with Gasteiger partial charge >= 0.3 is 0 Å². The second-order valence-electron chi connectivity index (χ2n) is 4.33. The maximum atomic E-state index is 9.55. The Bertz CT molecular complexity index is 283. The molecule has 0 spiro atoms. The van der Waals surface area contributed by atoms with Crippen LogP contribution in [-0.2, 0) is 13.1 Å². The summed E-state index contributed by atoms with van der Waals surface area (Å²) in [6.07, 6.45) is 7.16. The molecular weight excluding hydrogens is 200 g/mol. The summed E-state index contributed by atoms with van der Waals surface area (Å²) in [5.74, 6) is 0. The lowest BCUT2D eigenvalue weighted by Gasteiger charge is -2.09. The Balaban J connectivity index is 2.21. The van der Waals surface area contributed by atoms with Crippen molar-refractivity contribution in [1.29, 1.82) is 0 Å². The Morgan fingerprint density at radius 1 is 1.38 bits per heavy atom. The zero-order valence-corrected chi connectivity index (χ0v) is 10.4. The van der Waals surface area contributed by atoms with Crippen LogP contribution >= 0.6 is 0 Å². The predicted molar refractivity (Wildman–Crippen MR) is 67.3 cm³/mol. The molecule has 16 heavy (non-hydrogen) atoms. The largest absolute Gasteiger partial charge is 0.392 e. The lowest BCUT2D eigenvalue weighted by molar-refractivity contribution is 0.160. The van der Waals surface area contributed by atoms with Crippen LogP contribution in [0, 0.1) is 0 Å². The van der Waals surface area contributed by atoms with Gasteiger partial charge in [-0.2, -0.15) is 0 Å². The smallest absolute Gasteiger partial charge is 0.0664 e. The highest BCUT2D eigenvalue weighted by atomic mass is 16.3. The molecule has 1 rings (SSSR count). The molecule has 3 nitrogen and oxygen atoms in total. The van der Waals surface area contributed by atoms with E-state index in [2.05, 4.69) is 42.2 Å². The van der Waals surface area contributed by atoms with E-state index in [-0.39, 0.29) is 6.10 Å². The number of aliphatic hydroxyl groups is 1. The molecule has 1 heterocycles.